The number of thiophene rings is 1. The molecule has 1 aromatic heterocycles. The van der Waals surface area contributed by atoms with Crippen LogP contribution in [0.25, 0.3) is 10.1 Å². The fourth-order valence-electron chi connectivity index (χ4n) is 1.60. The number of phenolic OH excluding ortho intramolecular Hbond substituents is 1. The zero-order valence-corrected chi connectivity index (χ0v) is 8.84. The van der Waals surface area contributed by atoms with Crippen LogP contribution in [-0.2, 0) is 6.42 Å². The van der Waals surface area contributed by atoms with Crippen molar-refractivity contribution in [3.05, 3.63) is 29.1 Å². The van der Waals surface area contributed by atoms with Gasteiger partial charge in [-0.15, -0.1) is 11.3 Å². The average Bonchev–Trinajstić information content (AvgIpc) is 2.49. The van der Waals surface area contributed by atoms with Crippen molar-refractivity contribution in [3.8, 4) is 5.75 Å². The first-order chi connectivity index (χ1) is 6.68. The molecule has 0 aliphatic heterocycles. The lowest BCUT2D eigenvalue weighted by Gasteiger charge is -2.03. The first kappa shape index (κ1) is 9.49. The first-order valence-corrected chi connectivity index (χ1v) is 5.50. The van der Waals surface area contributed by atoms with Gasteiger partial charge in [0.15, 0.2) is 0 Å². The summed E-state index contributed by atoms with van der Waals surface area (Å²) in [5, 5.41) is 12.8. The van der Waals surface area contributed by atoms with Crippen LogP contribution in [0.15, 0.2) is 23.6 Å². The van der Waals surface area contributed by atoms with E-state index in [1.165, 1.54) is 5.56 Å². The third-order valence-corrected chi connectivity index (χ3v) is 3.27. The number of rotatable bonds is 2. The first-order valence-electron chi connectivity index (χ1n) is 4.62. The highest BCUT2D eigenvalue weighted by molar-refractivity contribution is 7.17. The van der Waals surface area contributed by atoms with Gasteiger partial charge in [0.25, 0.3) is 0 Å². The molecule has 2 aromatic rings. The van der Waals surface area contributed by atoms with Gasteiger partial charge in [0, 0.05) is 6.04 Å². The van der Waals surface area contributed by atoms with Gasteiger partial charge in [-0.2, -0.15) is 0 Å². The molecule has 1 heterocycles. The Labute approximate surface area is 87.0 Å². The lowest BCUT2D eigenvalue weighted by molar-refractivity contribution is 0.482. The van der Waals surface area contributed by atoms with Gasteiger partial charge in [-0.3, -0.25) is 0 Å². The quantitative estimate of drug-likeness (QED) is 0.794. The van der Waals surface area contributed by atoms with Crippen LogP contribution in [0.3, 0.4) is 0 Å². The molecule has 0 spiro atoms. The minimum absolute atomic E-state index is 0.162. The van der Waals surface area contributed by atoms with E-state index in [2.05, 4.69) is 5.38 Å². The van der Waals surface area contributed by atoms with E-state index in [9.17, 15) is 5.11 Å². The fraction of sp³-hybridized carbons (Fsp3) is 0.273. The van der Waals surface area contributed by atoms with Gasteiger partial charge < -0.3 is 10.8 Å². The third-order valence-electron chi connectivity index (χ3n) is 2.20. The molecule has 3 N–H and O–H groups in total. The summed E-state index contributed by atoms with van der Waals surface area (Å²) in [6.45, 7) is 1.99. The van der Waals surface area contributed by atoms with Crippen LogP contribution < -0.4 is 5.73 Å². The summed E-state index contributed by atoms with van der Waals surface area (Å²) in [6.07, 6.45) is 0.865. The number of fused-ring (bicyclic) bond motifs is 1. The number of phenols is 1. The maximum Gasteiger partial charge on any atom is 0.133 e. The standard InChI is InChI=1S/C11H13NOS/c1-7(12)5-8-6-14-11-9(8)3-2-4-10(11)13/h2-4,6-7,13H,5,12H2,1H3. The average molecular weight is 207 g/mol. The van der Waals surface area contributed by atoms with Crippen molar-refractivity contribution >= 4 is 21.4 Å². The number of aromatic hydroxyl groups is 1. The molecule has 2 nitrogen and oxygen atoms in total. The SMILES string of the molecule is CC(N)Cc1csc2c(O)cccc12. The predicted octanol–water partition coefficient (Wildman–Crippen LogP) is 2.50. The Kier molecular flexibility index (Phi) is 2.44. The predicted molar refractivity (Wildman–Crippen MR) is 60.8 cm³/mol. The van der Waals surface area contributed by atoms with Crippen molar-refractivity contribution in [2.45, 2.75) is 19.4 Å². The molecule has 3 heteroatoms. The van der Waals surface area contributed by atoms with E-state index in [0.29, 0.717) is 5.75 Å². The molecule has 74 valence electrons. The van der Waals surface area contributed by atoms with Crippen LogP contribution >= 0.6 is 11.3 Å². The molecule has 2 rings (SSSR count). The molecule has 0 aliphatic carbocycles. The Morgan fingerprint density at radius 1 is 1.50 bits per heavy atom. The summed E-state index contributed by atoms with van der Waals surface area (Å²) < 4.78 is 0.961. The Bertz CT molecular complexity index is 447. The van der Waals surface area contributed by atoms with Crippen molar-refractivity contribution < 1.29 is 5.11 Å². The zero-order valence-electron chi connectivity index (χ0n) is 8.03. The molecule has 0 aliphatic rings. The maximum absolute atomic E-state index is 9.60. The summed E-state index contributed by atoms with van der Waals surface area (Å²) in [5.41, 5.74) is 6.99. The highest BCUT2D eigenvalue weighted by Crippen LogP contribution is 2.33. The molecule has 0 saturated heterocycles. The molecular formula is C11H13NOS. The van der Waals surface area contributed by atoms with Crippen molar-refractivity contribution in [2.75, 3.05) is 0 Å². The van der Waals surface area contributed by atoms with Crippen LogP contribution in [0.1, 0.15) is 12.5 Å². The Hall–Kier alpha value is -1.06. The molecular weight excluding hydrogens is 194 g/mol. The molecule has 14 heavy (non-hydrogen) atoms. The molecule has 1 unspecified atom stereocenters. The monoisotopic (exact) mass is 207 g/mol. The van der Waals surface area contributed by atoms with Crippen molar-refractivity contribution in [1.82, 2.24) is 0 Å². The van der Waals surface area contributed by atoms with E-state index in [1.54, 1.807) is 17.4 Å². The second-order valence-electron chi connectivity index (χ2n) is 3.60. The zero-order chi connectivity index (χ0) is 10.1. The number of nitrogens with two attached hydrogens (primary N) is 1. The summed E-state index contributed by atoms with van der Waals surface area (Å²) in [7, 11) is 0. The van der Waals surface area contributed by atoms with Crippen LogP contribution in [0.4, 0.5) is 0 Å². The van der Waals surface area contributed by atoms with E-state index < -0.39 is 0 Å². The molecule has 0 fully saturated rings. The van der Waals surface area contributed by atoms with Crippen molar-refractivity contribution in [2.24, 2.45) is 5.73 Å². The summed E-state index contributed by atoms with van der Waals surface area (Å²) in [6, 6.07) is 5.78. The lowest BCUT2D eigenvalue weighted by atomic mass is 10.1. The normalized spacial score (nSPS) is 13.3. The van der Waals surface area contributed by atoms with E-state index in [0.717, 1.165) is 16.5 Å². The van der Waals surface area contributed by atoms with Gasteiger partial charge in [-0.05, 0) is 35.7 Å². The van der Waals surface area contributed by atoms with Crippen LogP contribution in [-0.4, -0.2) is 11.1 Å². The molecule has 0 bridgehead atoms. The highest BCUT2D eigenvalue weighted by Gasteiger charge is 2.08. The van der Waals surface area contributed by atoms with Crippen LogP contribution in [0.5, 0.6) is 5.75 Å². The van der Waals surface area contributed by atoms with Crippen LogP contribution in [0.2, 0.25) is 0 Å². The smallest absolute Gasteiger partial charge is 0.133 e. The highest BCUT2D eigenvalue weighted by atomic mass is 32.1. The summed E-state index contributed by atoms with van der Waals surface area (Å²) in [5.74, 6) is 0.364. The molecule has 0 radical (unpaired) electrons. The van der Waals surface area contributed by atoms with Gasteiger partial charge in [0.1, 0.15) is 5.75 Å². The van der Waals surface area contributed by atoms with Crippen molar-refractivity contribution in [3.63, 3.8) is 0 Å². The summed E-state index contributed by atoms with van der Waals surface area (Å²) >= 11 is 1.58. The Morgan fingerprint density at radius 2 is 2.29 bits per heavy atom. The third kappa shape index (κ3) is 1.61. The minimum atomic E-state index is 0.162. The van der Waals surface area contributed by atoms with Gasteiger partial charge in [-0.1, -0.05) is 12.1 Å². The van der Waals surface area contributed by atoms with E-state index in [1.807, 2.05) is 19.1 Å². The topological polar surface area (TPSA) is 46.2 Å². The lowest BCUT2D eigenvalue weighted by Crippen LogP contribution is -2.17. The Morgan fingerprint density at radius 3 is 3.00 bits per heavy atom. The number of benzene rings is 1. The second kappa shape index (κ2) is 3.59. The Balaban J connectivity index is 2.52. The molecule has 1 aromatic carbocycles. The van der Waals surface area contributed by atoms with Gasteiger partial charge in [0.2, 0.25) is 0 Å². The van der Waals surface area contributed by atoms with Gasteiger partial charge in [0.05, 0.1) is 4.70 Å². The summed E-state index contributed by atoms with van der Waals surface area (Å²) in [4.78, 5) is 0. The van der Waals surface area contributed by atoms with Crippen molar-refractivity contribution in [1.29, 1.82) is 0 Å². The van der Waals surface area contributed by atoms with E-state index >= 15 is 0 Å². The van der Waals surface area contributed by atoms with E-state index in [4.69, 9.17) is 5.73 Å². The maximum atomic E-state index is 9.60. The van der Waals surface area contributed by atoms with Crippen LogP contribution in [0, 0.1) is 0 Å². The minimum Gasteiger partial charge on any atom is -0.506 e. The number of hydrogen-bond acceptors (Lipinski definition) is 3. The van der Waals surface area contributed by atoms with Gasteiger partial charge in [-0.25, -0.2) is 0 Å². The second-order valence-corrected chi connectivity index (χ2v) is 4.48. The fourth-order valence-corrected chi connectivity index (χ4v) is 2.60. The number of hydrogen-bond donors (Lipinski definition) is 2. The largest absolute Gasteiger partial charge is 0.506 e. The molecule has 0 amide bonds. The molecule has 1 atom stereocenters. The van der Waals surface area contributed by atoms with E-state index in [-0.39, 0.29) is 6.04 Å². The van der Waals surface area contributed by atoms with Gasteiger partial charge >= 0.3 is 0 Å². The molecule has 0 saturated carbocycles.